The van der Waals surface area contributed by atoms with Crippen LogP contribution in [-0.4, -0.2) is 9.55 Å². The maximum Gasteiger partial charge on any atom is 0.142 e. The van der Waals surface area contributed by atoms with E-state index in [4.69, 9.17) is 17.3 Å². The van der Waals surface area contributed by atoms with Gasteiger partial charge in [-0.05, 0) is 49.2 Å². The highest BCUT2D eigenvalue weighted by atomic mass is 35.5. The first-order valence-electron chi connectivity index (χ1n) is 6.86. The molecule has 21 heavy (non-hydrogen) atoms. The van der Waals surface area contributed by atoms with Crippen LogP contribution in [-0.2, 0) is 0 Å². The number of rotatable bonds is 2. The maximum absolute atomic E-state index is 13.6. The number of anilines is 1. The average molecular weight is 302 g/mol. The van der Waals surface area contributed by atoms with Crippen LogP contribution in [0, 0.1) is 5.82 Å². The number of aromatic nitrogens is 2. The van der Waals surface area contributed by atoms with E-state index in [-0.39, 0.29) is 5.82 Å². The van der Waals surface area contributed by atoms with E-state index in [1.165, 1.54) is 12.1 Å². The highest BCUT2D eigenvalue weighted by Crippen LogP contribution is 2.42. The maximum atomic E-state index is 13.6. The third-order valence-corrected chi connectivity index (χ3v) is 4.12. The number of halogens is 2. The third kappa shape index (κ3) is 2.07. The summed E-state index contributed by atoms with van der Waals surface area (Å²) in [6, 6.07) is 10.4. The number of imidazole rings is 1. The lowest BCUT2D eigenvalue weighted by molar-refractivity contribution is 0.628. The fourth-order valence-electron chi connectivity index (χ4n) is 2.67. The van der Waals surface area contributed by atoms with Crippen LogP contribution in [0.15, 0.2) is 36.4 Å². The molecule has 1 aliphatic carbocycles. The average Bonchev–Trinajstić information content (AvgIpc) is 3.22. The Balaban J connectivity index is 2.04. The van der Waals surface area contributed by atoms with Crippen molar-refractivity contribution in [2.24, 2.45) is 0 Å². The van der Waals surface area contributed by atoms with Crippen molar-refractivity contribution >= 4 is 28.3 Å². The number of hydrogen-bond donors (Lipinski definition) is 1. The van der Waals surface area contributed by atoms with E-state index in [1.807, 2.05) is 6.07 Å². The Bertz CT molecular complexity index is 852. The highest BCUT2D eigenvalue weighted by Gasteiger charge is 2.29. The predicted molar refractivity (Wildman–Crippen MR) is 82.8 cm³/mol. The number of benzene rings is 2. The van der Waals surface area contributed by atoms with Crippen molar-refractivity contribution in [3.05, 3.63) is 47.2 Å². The molecule has 5 heteroatoms. The van der Waals surface area contributed by atoms with Crippen LogP contribution in [0.1, 0.15) is 18.9 Å². The molecular weight excluding hydrogens is 289 g/mol. The summed E-state index contributed by atoms with van der Waals surface area (Å²) < 4.78 is 15.7. The molecule has 1 heterocycles. The number of nitrogens with zero attached hydrogens (tertiary/aromatic N) is 2. The van der Waals surface area contributed by atoms with Crippen molar-refractivity contribution in [2.45, 2.75) is 18.9 Å². The van der Waals surface area contributed by atoms with Crippen LogP contribution in [0.5, 0.6) is 0 Å². The van der Waals surface area contributed by atoms with Crippen molar-refractivity contribution in [1.82, 2.24) is 9.55 Å². The zero-order chi connectivity index (χ0) is 14.6. The zero-order valence-corrected chi connectivity index (χ0v) is 11.9. The van der Waals surface area contributed by atoms with Crippen LogP contribution in [0.25, 0.3) is 22.4 Å². The number of nitrogens with two attached hydrogens (primary N) is 1. The van der Waals surface area contributed by atoms with Crippen LogP contribution < -0.4 is 5.73 Å². The zero-order valence-electron chi connectivity index (χ0n) is 11.2. The quantitative estimate of drug-likeness (QED) is 0.712. The fourth-order valence-corrected chi connectivity index (χ4v) is 2.87. The van der Waals surface area contributed by atoms with E-state index < -0.39 is 0 Å². The molecule has 0 spiro atoms. The lowest BCUT2D eigenvalue weighted by atomic mass is 10.2. The first-order valence-corrected chi connectivity index (χ1v) is 7.24. The molecule has 3 aromatic rings. The molecular formula is C16H13ClFN3. The van der Waals surface area contributed by atoms with Crippen molar-refractivity contribution < 1.29 is 4.39 Å². The molecule has 0 unspecified atom stereocenters. The smallest absolute Gasteiger partial charge is 0.142 e. The van der Waals surface area contributed by atoms with Crippen molar-refractivity contribution in [2.75, 3.05) is 5.73 Å². The third-order valence-electron chi connectivity index (χ3n) is 3.79. The van der Waals surface area contributed by atoms with Gasteiger partial charge in [0.1, 0.15) is 11.6 Å². The summed E-state index contributed by atoms with van der Waals surface area (Å²) in [5.41, 5.74) is 8.88. The largest absolute Gasteiger partial charge is 0.399 e. The molecule has 1 saturated carbocycles. The molecule has 2 aromatic carbocycles. The minimum absolute atomic E-state index is 0.255. The molecule has 0 radical (unpaired) electrons. The highest BCUT2D eigenvalue weighted by molar-refractivity contribution is 6.33. The van der Waals surface area contributed by atoms with Gasteiger partial charge in [-0.25, -0.2) is 9.37 Å². The summed E-state index contributed by atoms with van der Waals surface area (Å²) in [4.78, 5) is 4.64. The van der Waals surface area contributed by atoms with Crippen LogP contribution in [0.2, 0.25) is 5.02 Å². The molecule has 4 rings (SSSR count). The Labute approximate surface area is 126 Å². The van der Waals surface area contributed by atoms with Gasteiger partial charge in [-0.15, -0.1) is 0 Å². The van der Waals surface area contributed by atoms with E-state index in [0.29, 0.717) is 16.8 Å². The fraction of sp³-hybridized carbons (Fsp3) is 0.188. The van der Waals surface area contributed by atoms with Gasteiger partial charge < -0.3 is 10.3 Å². The topological polar surface area (TPSA) is 43.8 Å². The molecule has 106 valence electrons. The Hall–Kier alpha value is -2.07. The molecule has 0 bridgehead atoms. The summed E-state index contributed by atoms with van der Waals surface area (Å²) in [6.07, 6.45) is 2.16. The molecule has 0 amide bonds. The van der Waals surface area contributed by atoms with E-state index in [9.17, 15) is 4.39 Å². The molecule has 1 aliphatic rings. The molecule has 0 aliphatic heterocycles. The van der Waals surface area contributed by atoms with Crippen molar-refractivity contribution in [3.8, 4) is 11.4 Å². The van der Waals surface area contributed by atoms with Crippen molar-refractivity contribution in [3.63, 3.8) is 0 Å². The normalized spacial score (nSPS) is 14.8. The number of nitrogen functional groups attached to an aromatic ring is 1. The van der Waals surface area contributed by atoms with E-state index in [1.54, 1.807) is 18.2 Å². The molecule has 3 nitrogen and oxygen atoms in total. The molecule has 0 atom stereocenters. The summed E-state index contributed by atoms with van der Waals surface area (Å²) in [5.74, 6) is 0.505. The summed E-state index contributed by atoms with van der Waals surface area (Å²) in [5, 5.41) is 0.599. The second kappa shape index (κ2) is 4.46. The van der Waals surface area contributed by atoms with Gasteiger partial charge in [0, 0.05) is 17.3 Å². The first kappa shape index (κ1) is 12.7. The molecule has 1 fully saturated rings. The van der Waals surface area contributed by atoms with Gasteiger partial charge in [-0.2, -0.15) is 0 Å². The Morgan fingerprint density at radius 3 is 2.76 bits per heavy atom. The minimum Gasteiger partial charge on any atom is -0.399 e. The second-order valence-electron chi connectivity index (χ2n) is 5.41. The standard InChI is InChI=1S/C16H13ClFN3/c17-13-5-2-10(19)8-12(13)16-20-14-6-1-9(18)7-15(14)21(16)11-3-4-11/h1-2,5-8,11H,3-4,19H2. The van der Waals surface area contributed by atoms with Gasteiger partial charge in [0.15, 0.2) is 0 Å². The Morgan fingerprint density at radius 2 is 2.00 bits per heavy atom. The lowest BCUT2D eigenvalue weighted by Gasteiger charge is -2.09. The van der Waals surface area contributed by atoms with E-state index in [2.05, 4.69) is 9.55 Å². The SMILES string of the molecule is Nc1ccc(Cl)c(-c2nc3ccc(F)cc3n2C2CC2)c1. The van der Waals surface area contributed by atoms with Gasteiger partial charge in [0.2, 0.25) is 0 Å². The number of fused-ring (bicyclic) bond motifs is 1. The molecule has 1 aromatic heterocycles. The van der Waals surface area contributed by atoms with Crippen LogP contribution in [0.3, 0.4) is 0 Å². The molecule has 0 saturated heterocycles. The van der Waals surface area contributed by atoms with Gasteiger partial charge >= 0.3 is 0 Å². The summed E-state index contributed by atoms with van der Waals surface area (Å²) in [6.45, 7) is 0. The van der Waals surface area contributed by atoms with Gasteiger partial charge in [0.05, 0.1) is 16.1 Å². The van der Waals surface area contributed by atoms with E-state index in [0.717, 1.165) is 35.3 Å². The van der Waals surface area contributed by atoms with Crippen molar-refractivity contribution in [1.29, 1.82) is 0 Å². The van der Waals surface area contributed by atoms with E-state index >= 15 is 0 Å². The van der Waals surface area contributed by atoms with Gasteiger partial charge in [0.25, 0.3) is 0 Å². The second-order valence-corrected chi connectivity index (χ2v) is 5.82. The molecule has 2 N–H and O–H groups in total. The van der Waals surface area contributed by atoms with Gasteiger partial charge in [-0.1, -0.05) is 11.6 Å². The van der Waals surface area contributed by atoms with Crippen LogP contribution >= 0.6 is 11.6 Å². The summed E-state index contributed by atoms with van der Waals surface area (Å²) in [7, 11) is 0. The Kier molecular flexibility index (Phi) is 2.69. The first-order chi connectivity index (χ1) is 10.1. The minimum atomic E-state index is -0.255. The Morgan fingerprint density at radius 1 is 1.19 bits per heavy atom. The van der Waals surface area contributed by atoms with Gasteiger partial charge in [-0.3, -0.25) is 0 Å². The number of hydrogen-bond acceptors (Lipinski definition) is 2. The predicted octanol–water partition coefficient (Wildman–Crippen LogP) is 4.41. The monoisotopic (exact) mass is 301 g/mol. The summed E-state index contributed by atoms with van der Waals surface area (Å²) >= 11 is 6.30. The van der Waals surface area contributed by atoms with Crippen LogP contribution in [0.4, 0.5) is 10.1 Å². The lowest BCUT2D eigenvalue weighted by Crippen LogP contribution is -1.98.